The molecular weight excluding hydrogens is 270 g/mol. The van der Waals surface area contributed by atoms with Crippen molar-refractivity contribution in [2.24, 2.45) is 0 Å². The Morgan fingerprint density at radius 3 is 2.25 bits per heavy atom. The largest absolute Gasteiger partial charge is 0.328 e. The lowest BCUT2D eigenvalue weighted by Crippen LogP contribution is -2.65. The van der Waals surface area contributed by atoms with Crippen molar-refractivity contribution in [1.29, 1.82) is 0 Å². The first-order valence-electron chi connectivity index (χ1n) is 5.34. The molecule has 6 amide bonds. The molecule has 3 rings (SSSR count). The van der Waals surface area contributed by atoms with E-state index in [0.717, 1.165) is 12.5 Å². The van der Waals surface area contributed by atoms with E-state index in [0.29, 0.717) is 4.90 Å². The Morgan fingerprint density at radius 2 is 1.65 bits per heavy atom. The summed E-state index contributed by atoms with van der Waals surface area (Å²) in [6, 6.07) is -2.76. The Morgan fingerprint density at radius 1 is 1.00 bits per heavy atom. The second kappa shape index (κ2) is 3.91. The summed E-state index contributed by atoms with van der Waals surface area (Å²) in [7, 11) is 0. The highest BCUT2D eigenvalue weighted by atomic mass is 16.2. The van der Waals surface area contributed by atoms with Crippen molar-refractivity contribution in [2.45, 2.75) is 6.04 Å². The maximum Gasteiger partial charge on any atom is 0.328 e. The van der Waals surface area contributed by atoms with Gasteiger partial charge in [0.15, 0.2) is 6.04 Å². The molecule has 100 valence electrons. The minimum absolute atomic E-state index is 0.102. The van der Waals surface area contributed by atoms with Crippen LogP contribution in [-0.4, -0.2) is 50.6 Å². The molecule has 0 radical (unpaired) electrons. The molecule has 0 bridgehead atoms. The van der Waals surface area contributed by atoms with Crippen molar-refractivity contribution in [3.05, 3.63) is 23.8 Å². The Balaban J connectivity index is 2.03. The van der Waals surface area contributed by atoms with Gasteiger partial charge in [-0.3, -0.25) is 34.7 Å². The van der Waals surface area contributed by atoms with Gasteiger partial charge in [0, 0.05) is 6.20 Å². The summed E-state index contributed by atoms with van der Waals surface area (Å²) in [5.41, 5.74) is -0.294. The number of urea groups is 1. The first kappa shape index (κ1) is 11.9. The van der Waals surface area contributed by atoms with E-state index >= 15 is 0 Å². The van der Waals surface area contributed by atoms with Gasteiger partial charge in [-0.25, -0.2) is 14.8 Å². The summed E-state index contributed by atoms with van der Waals surface area (Å²) in [4.78, 5) is 66.1. The third kappa shape index (κ3) is 1.48. The van der Waals surface area contributed by atoms with E-state index < -0.39 is 35.7 Å². The van der Waals surface area contributed by atoms with Crippen LogP contribution in [0.15, 0.2) is 12.5 Å². The first-order valence-corrected chi connectivity index (χ1v) is 5.34. The zero-order chi connectivity index (χ0) is 14.4. The van der Waals surface area contributed by atoms with Crippen molar-refractivity contribution >= 4 is 29.7 Å². The molecule has 0 aromatic carbocycles. The molecule has 0 spiro atoms. The number of imide groups is 3. The summed E-state index contributed by atoms with van der Waals surface area (Å²) >= 11 is 0. The molecular formula is C10H5N5O5. The van der Waals surface area contributed by atoms with Crippen LogP contribution in [-0.2, 0) is 9.59 Å². The second-order valence-electron chi connectivity index (χ2n) is 3.98. The van der Waals surface area contributed by atoms with Crippen molar-refractivity contribution in [3.63, 3.8) is 0 Å². The predicted octanol–water partition coefficient (Wildman–Crippen LogP) is -2.19. The van der Waals surface area contributed by atoms with Gasteiger partial charge in [0.25, 0.3) is 23.6 Å². The Labute approximate surface area is 110 Å². The van der Waals surface area contributed by atoms with Gasteiger partial charge in [0.05, 0.1) is 5.56 Å². The van der Waals surface area contributed by atoms with Gasteiger partial charge in [-0.1, -0.05) is 0 Å². The quantitative estimate of drug-likeness (QED) is 0.438. The van der Waals surface area contributed by atoms with Gasteiger partial charge in [0.1, 0.15) is 12.0 Å². The molecule has 2 aliphatic heterocycles. The zero-order valence-corrected chi connectivity index (χ0v) is 9.61. The number of rotatable bonds is 1. The lowest BCUT2D eigenvalue weighted by Gasteiger charge is -2.26. The standard InChI is InChI=1S/C10H5N5O5/c16-6-5(7(17)14-10(20)13-6)15-8(18)3-1-11-2-12-4(3)9(15)19/h1-2,5H,(H2,13,14,16,17,20). The van der Waals surface area contributed by atoms with E-state index in [1.54, 1.807) is 0 Å². The van der Waals surface area contributed by atoms with Crippen molar-refractivity contribution in [3.8, 4) is 0 Å². The Kier molecular flexibility index (Phi) is 2.33. The fourth-order valence-corrected chi connectivity index (χ4v) is 1.97. The lowest BCUT2D eigenvalue weighted by atomic mass is 10.2. The van der Waals surface area contributed by atoms with Crippen molar-refractivity contribution in [2.75, 3.05) is 0 Å². The van der Waals surface area contributed by atoms with E-state index in [4.69, 9.17) is 0 Å². The van der Waals surface area contributed by atoms with Crippen LogP contribution >= 0.6 is 0 Å². The van der Waals surface area contributed by atoms with Gasteiger partial charge in [-0.05, 0) is 0 Å². The van der Waals surface area contributed by atoms with Gasteiger partial charge < -0.3 is 0 Å². The van der Waals surface area contributed by atoms with Gasteiger partial charge in [0.2, 0.25) is 0 Å². The molecule has 1 fully saturated rings. The number of barbiturate groups is 1. The summed E-state index contributed by atoms with van der Waals surface area (Å²) < 4.78 is 0. The third-order valence-electron chi connectivity index (χ3n) is 2.81. The number of nitrogens with zero attached hydrogens (tertiary/aromatic N) is 3. The van der Waals surface area contributed by atoms with Crippen LogP contribution in [0.2, 0.25) is 0 Å². The Hall–Kier alpha value is -3.17. The molecule has 0 atom stereocenters. The summed E-state index contributed by atoms with van der Waals surface area (Å²) in [5.74, 6) is -3.87. The first-order chi connectivity index (χ1) is 9.50. The number of carbonyl (C=O) groups is 5. The minimum Gasteiger partial charge on any atom is -0.275 e. The molecule has 0 saturated carbocycles. The zero-order valence-electron chi connectivity index (χ0n) is 9.61. The topological polar surface area (TPSA) is 138 Å². The van der Waals surface area contributed by atoms with Crippen LogP contribution in [0.4, 0.5) is 4.79 Å². The number of fused-ring (bicyclic) bond motifs is 1. The van der Waals surface area contributed by atoms with Crippen LogP contribution < -0.4 is 10.6 Å². The smallest absolute Gasteiger partial charge is 0.275 e. The molecule has 2 aliphatic rings. The molecule has 2 N–H and O–H groups in total. The summed E-state index contributed by atoms with van der Waals surface area (Å²) in [6.07, 6.45) is 2.18. The molecule has 3 heterocycles. The van der Waals surface area contributed by atoms with Gasteiger partial charge in [-0.2, -0.15) is 0 Å². The highest BCUT2D eigenvalue weighted by Gasteiger charge is 2.49. The molecule has 10 nitrogen and oxygen atoms in total. The highest BCUT2D eigenvalue weighted by Crippen LogP contribution is 2.22. The fourth-order valence-electron chi connectivity index (χ4n) is 1.97. The third-order valence-corrected chi connectivity index (χ3v) is 2.81. The summed E-state index contributed by atoms with van der Waals surface area (Å²) in [5, 5.41) is 3.63. The molecule has 1 aromatic heterocycles. The minimum atomic E-state index is -1.75. The highest BCUT2D eigenvalue weighted by molar-refractivity contribution is 6.28. The number of carbonyl (C=O) groups excluding carboxylic acids is 5. The SMILES string of the molecule is O=C1NC(=O)C(N2C(=O)c3cncnc3C2=O)C(=O)N1. The maximum atomic E-state index is 12.1. The lowest BCUT2D eigenvalue weighted by molar-refractivity contribution is -0.135. The van der Waals surface area contributed by atoms with Crippen LogP contribution in [0.1, 0.15) is 20.8 Å². The van der Waals surface area contributed by atoms with Gasteiger partial charge >= 0.3 is 6.03 Å². The van der Waals surface area contributed by atoms with E-state index in [2.05, 4.69) is 9.97 Å². The van der Waals surface area contributed by atoms with E-state index in [-0.39, 0.29) is 11.3 Å². The molecule has 10 heteroatoms. The van der Waals surface area contributed by atoms with Gasteiger partial charge in [-0.15, -0.1) is 0 Å². The molecule has 0 unspecified atom stereocenters. The maximum absolute atomic E-state index is 12.1. The predicted molar refractivity (Wildman–Crippen MR) is 58.0 cm³/mol. The molecule has 1 saturated heterocycles. The fraction of sp³-hybridized carbons (Fsp3) is 0.100. The number of nitrogens with one attached hydrogen (secondary N) is 2. The van der Waals surface area contributed by atoms with E-state index in [1.165, 1.54) is 0 Å². The van der Waals surface area contributed by atoms with E-state index in [1.807, 2.05) is 10.6 Å². The number of amides is 6. The monoisotopic (exact) mass is 275 g/mol. The van der Waals surface area contributed by atoms with Crippen LogP contribution in [0.25, 0.3) is 0 Å². The molecule has 20 heavy (non-hydrogen) atoms. The van der Waals surface area contributed by atoms with Crippen LogP contribution in [0, 0.1) is 0 Å². The average Bonchev–Trinajstić information content (AvgIpc) is 2.64. The van der Waals surface area contributed by atoms with Crippen LogP contribution in [0.3, 0.4) is 0 Å². The molecule has 1 aromatic rings. The number of hydrogen-bond donors (Lipinski definition) is 2. The van der Waals surface area contributed by atoms with E-state index in [9.17, 15) is 24.0 Å². The average molecular weight is 275 g/mol. The van der Waals surface area contributed by atoms with Crippen molar-refractivity contribution < 1.29 is 24.0 Å². The Bertz CT molecular complexity index is 644. The second-order valence-corrected chi connectivity index (χ2v) is 3.98. The molecule has 0 aliphatic carbocycles. The number of aromatic nitrogens is 2. The summed E-state index contributed by atoms with van der Waals surface area (Å²) in [6.45, 7) is 0. The number of hydrogen-bond acceptors (Lipinski definition) is 7. The van der Waals surface area contributed by atoms with Crippen molar-refractivity contribution in [1.82, 2.24) is 25.5 Å². The normalized spacial score (nSPS) is 19.0. The van der Waals surface area contributed by atoms with Crippen LogP contribution in [0.5, 0.6) is 0 Å².